The third-order valence-electron chi connectivity index (χ3n) is 3.98. The van der Waals surface area contributed by atoms with Crippen molar-refractivity contribution in [3.63, 3.8) is 0 Å². The molecule has 1 amide bonds. The highest BCUT2D eigenvalue weighted by Crippen LogP contribution is 2.27. The maximum absolute atomic E-state index is 11.9. The molecule has 2 aromatic carbocycles. The van der Waals surface area contributed by atoms with E-state index in [0.717, 1.165) is 10.0 Å². The second-order valence-corrected chi connectivity index (χ2v) is 6.97. The zero-order valence-electron chi connectivity index (χ0n) is 14.9. The van der Waals surface area contributed by atoms with E-state index < -0.39 is 4.92 Å². The number of hydrazone groups is 1. The molecule has 0 fully saturated rings. The van der Waals surface area contributed by atoms with E-state index in [1.807, 2.05) is 24.3 Å². The highest BCUT2D eigenvalue weighted by Gasteiger charge is 2.13. The van der Waals surface area contributed by atoms with Crippen molar-refractivity contribution in [2.75, 3.05) is 0 Å². The molecule has 0 saturated carbocycles. The fourth-order valence-electron chi connectivity index (χ4n) is 2.53. The van der Waals surface area contributed by atoms with Gasteiger partial charge in [0.15, 0.2) is 0 Å². The van der Waals surface area contributed by atoms with Crippen molar-refractivity contribution < 1.29 is 14.1 Å². The molecular formula is C20H16BrN3O4. The van der Waals surface area contributed by atoms with Crippen molar-refractivity contribution in [1.82, 2.24) is 5.43 Å². The molecule has 0 atom stereocenters. The quantitative estimate of drug-likeness (QED) is 0.342. The van der Waals surface area contributed by atoms with Crippen LogP contribution < -0.4 is 5.43 Å². The van der Waals surface area contributed by atoms with E-state index >= 15 is 0 Å². The minimum absolute atomic E-state index is 0.0318. The number of rotatable bonds is 6. The molecule has 0 saturated heterocycles. The standard InChI is InChI=1S/C20H16BrN3O4/c1-13-2-5-15(11-18(13)24(26)27)19-9-8-17(28-19)12-22-23-20(25)10-14-3-6-16(21)7-4-14/h2-9,11-12H,10H2,1H3,(H,23,25)/b22-12-. The number of aryl methyl sites for hydroxylation is 1. The van der Waals surface area contributed by atoms with Crippen LogP contribution in [0.25, 0.3) is 11.3 Å². The summed E-state index contributed by atoms with van der Waals surface area (Å²) in [5.41, 5.74) is 4.52. The van der Waals surface area contributed by atoms with Gasteiger partial charge in [0.25, 0.3) is 5.69 Å². The zero-order valence-corrected chi connectivity index (χ0v) is 16.5. The first-order chi connectivity index (χ1) is 13.4. The summed E-state index contributed by atoms with van der Waals surface area (Å²) in [4.78, 5) is 22.6. The number of hydrogen-bond donors (Lipinski definition) is 1. The largest absolute Gasteiger partial charge is 0.455 e. The topological polar surface area (TPSA) is 97.7 Å². The summed E-state index contributed by atoms with van der Waals surface area (Å²) in [5.74, 6) is 0.646. The van der Waals surface area contributed by atoms with E-state index in [4.69, 9.17) is 4.42 Å². The molecule has 0 aliphatic heterocycles. The molecule has 1 N–H and O–H groups in total. The first-order valence-electron chi connectivity index (χ1n) is 8.34. The van der Waals surface area contributed by atoms with Crippen molar-refractivity contribution in [2.24, 2.45) is 5.10 Å². The van der Waals surface area contributed by atoms with Gasteiger partial charge >= 0.3 is 0 Å². The molecule has 3 aromatic rings. The number of halogens is 1. The second kappa shape index (κ2) is 8.62. The van der Waals surface area contributed by atoms with E-state index in [1.165, 1.54) is 12.3 Å². The molecule has 142 valence electrons. The van der Waals surface area contributed by atoms with Gasteiger partial charge in [0.1, 0.15) is 11.5 Å². The predicted molar refractivity (Wildman–Crippen MR) is 109 cm³/mol. The molecule has 0 spiro atoms. The number of nitrogens with one attached hydrogen (secondary N) is 1. The fourth-order valence-corrected chi connectivity index (χ4v) is 2.80. The number of amides is 1. The molecule has 0 unspecified atom stereocenters. The van der Waals surface area contributed by atoms with Gasteiger partial charge in [-0.15, -0.1) is 0 Å². The Labute approximate surface area is 169 Å². The van der Waals surface area contributed by atoms with E-state index in [9.17, 15) is 14.9 Å². The van der Waals surface area contributed by atoms with Crippen LogP contribution in [0.2, 0.25) is 0 Å². The average molecular weight is 442 g/mol. The van der Waals surface area contributed by atoms with Gasteiger partial charge in [-0.3, -0.25) is 14.9 Å². The van der Waals surface area contributed by atoms with Gasteiger partial charge in [0.2, 0.25) is 5.91 Å². The summed E-state index contributed by atoms with van der Waals surface area (Å²) in [6.45, 7) is 1.68. The van der Waals surface area contributed by atoms with Crippen LogP contribution in [0, 0.1) is 17.0 Å². The monoisotopic (exact) mass is 441 g/mol. The lowest BCUT2D eigenvalue weighted by molar-refractivity contribution is -0.385. The van der Waals surface area contributed by atoms with Crippen molar-refractivity contribution in [2.45, 2.75) is 13.3 Å². The minimum Gasteiger partial charge on any atom is -0.455 e. The summed E-state index contributed by atoms with van der Waals surface area (Å²) >= 11 is 3.34. The lowest BCUT2D eigenvalue weighted by Gasteiger charge is -2.01. The van der Waals surface area contributed by atoms with E-state index in [-0.39, 0.29) is 18.0 Å². The van der Waals surface area contributed by atoms with Crippen molar-refractivity contribution >= 4 is 33.7 Å². The van der Waals surface area contributed by atoms with Crippen molar-refractivity contribution in [3.8, 4) is 11.3 Å². The Bertz CT molecular complexity index is 1040. The number of carbonyl (C=O) groups excluding carboxylic acids is 1. The van der Waals surface area contributed by atoms with Gasteiger partial charge in [0, 0.05) is 21.7 Å². The number of carbonyl (C=O) groups is 1. The smallest absolute Gasteiger partial charge is 0.273 e. The number of nitrogens with zero attached hydrogens (tertiary/aromatic N) is 2. The maximum atomic E-state index is 11.9. The molecule has 0 aliphatic rings. The van der Waals surface area contributed by atoms with E-state index in [0.29, 0.717) is 22.6 Å². The first kappa shape index (κ1) is 19.5. The van der Waals surface area contributed by atoms with Crippen LogP contribution >= 0.6 is 15.9 Å². The Balaban J connectivity index is 1.62. The highest BCUT2D eigenvalue weighted by atomic mass is 79.9. The first-order valence-corrected chi connectivity index (χ1v) is 9.13. The third kappa shape index (κ3) is 4.92. The van der Waals surface area contributed by atoms with Crippen LogP contribution in [-0.4, -0.2) is 17.0 Å². The lowest BCUT2D eigenvalue weighted by Crippen LogP contribution is -2.19. The Kier molecular flexibility index (Phi) is 6.00. The van der Waals surface area contributed by atoms with Gasteiger partial charge in [-0.25, -0.2) is 5.43 Å². The highest BCUT2D eigenvalue weighted by molar-refractivity contribution is 9.10. The maximum Gasteiger partial charge on any atom is 0.273 e. The number of nitro groups is 1. The van der Waals surface area contributed by atoms with Crippen LogP contribution in [0.1, 0.15) is 16.9 Å². The van der Waals surface area contributed by atoms with Gasteiger partial charge < -0.3 is 4.42 Å². The Morgan fingerprint density at radius 1 is 1.21 bits per heavy atom. The molecule has 8 heteroatoms. The normalized spacial score (nSPS) is 10.9. The van der Waals surface area contributed by atoms with Gasteiger partial charge in [-0.1, -0.05) is 40.2 Å². The van der Waals surface area contributed by atoms with Crippen LogP contribution in [0.4, 0.5) is 5.69 Å². The van der Waals surface area contributed by atoms with E-state index in [1.54, 1.807) is 31.2 Å². The van der Waals surface area contributed by atoms with Crippen LogP contribution in [0.15, 0.2) is 68.6 Å². The molecule has 1 heterocycles. The molecule has 0 bridgehead atoms. The van der Waals surface area contributed by atoms with Gasteiger partial charge in [0.05, 0.1) is 17.6 Å². The second-order valence-electron chi connectivity index (χ2n) is 6.06. The van der Waals surface area contributed by atoms with E-state index in [2.05, 4.69) is 26.5 Å². The summed E-state index contributed by atoms with van der Waals surface area (Å²) < 4.78 is 6.58. The number of furan rings is 1. The van der Waals surface area contributed by atoms with Crippen LogP contribution in [-0.2, 0) is 11.2 Å². The molecule has 1 aromatic heterocycles. The van der Waals surface area contributed by atoms with Gasteiger partial charge in [-0.05, 0) is 36.8 Å². The molecule has 3 rings (SSSR count). The van der Waals surface area contributed by atoms with Crippen LogP contribution in [0.5, 0.6) is 0 Å². The number of hydrogen-bond acceptors (Lipinski definition) is 5. The Morgan fingerprint density at radius 3 is 2.68 bits per heavy atom. The molecular weight excluding hydrogens is 426 g/mol. The third-order valence-corrected chi connectivity index (χ3v) is 4.50. The molecule has 0 aliphatic carbocycles. The molecule has 7 nitrogen and oxygen atoms in total. The van der Waals surface area contributed by atoms with Gasteiger partial charge in [-0.2, -0.15) is 5.10 Å². The SMILES string of the molecule is Cc1ccc(-c2ccc(/C=N\NC(=O)Cc3ccc(Br)cc3)o2)cc1[N+](=O)[O-]. The summed E-state index contributed by atoms with van der Waals surface area (Å²) in [5, 5.41) is 15.0. The lowest BCUT2D eigenvalue weighted by atomic mass is 10.1. The molecule has 28 heavy (non-hydrogen) atoms. The summed E-state index contributed by atoms with van der Waals surface area (Å²) in [6.07, 6.45) is 1.59. The Morgan fingerprint density at radius 2 is 1.96 bits per heavy atom. The molecule has 0 radical (unpaired) electrons. The predicted octanol–water partition coefficient (Wildman–Crippen LogP) is 4.62. The number of benzene rings is 2. The Hall–Kier alpha value is -3.26. The zero-order chi connectivity index (χ0) is 20.1. The summed E-state index contributed by atoms with van der Waals surface area (Å²) in [7, 11) is 0. The van der Waals surface area contributed by atoms with Crippen molar-refractivity contribution in [1.29, 1.82) is 0 Å². The van der Waals surface area contributed by atoms with Crippen LogP contribution in [0.3, 0.4) is 0 Å². The minimum atomic E-state index is -0.425. The number of nitro benzene ring substituents is 1. The fraction of sp³-hybridized carbons (Fsp3) is 0.100. The van der Waals surface area contributed by atoms with Crippen molar-refractivity contribution in [3.05, 3.63) is 86.1 Å². The average Bonchev–Trinajstić information content (AvgIpc) is 3.12. The summed E-state index contributed by atoms with van der Waals surface area (Å²) in [6, 6.07) is 15.7.